The molecule has 0 aromatic carbocycles. The van der Waals surface area contributed by atoms with Crippen molar-refractivity contribution in [2.45, 2.75) is 24.9 Å². The van der Waals surface area contributed by atoms with Gasteiger partial charge in [-0.1, -0.05) is 6.58 Å². The highest BCUT2D eigenvalue weighted by Crippen LogP contribution is 2.44. The Morgan fingerprint density at radius 1 is 1.67 bits per heavy atom. The van der Waals surface area contributed by atoms with E-state index in [-0.39, 0.29) is 12.2 Å². The lowest BCUT2D eigenvalue weighted by Crippen LogP contribution is -2.21. The van der Waals surface area contributed by atoms with Gasteiger partial charge in [-0.2, -0.15) is 0 Å². The highest BCUT2D eigenvalue weighted by atomic mass is 31.2. The molecule has 1 amide bonds. The topological polar surface area (TPSA) is 141 Å². The summed E-state index contributed by atoms with van der Waals surface area (Å²) >= 11 is 0. The maximum absolute atomic E-state index is 11.4. The molecule has 10 heteroatoms. The second-order valence-corrected chi connectivity index (χ2v) is 6.49. The summed E-state index contributed by atoms with van der Waals surface area (Å²) < 4.78 is 18.1. The number of primary amides is 1. The molecule has 0 radical (unpaired) electrons. The second kappa shape index (κ2) is 5.90. The van der Waals surface area contributed by atoms with Crippen molar-refractivity contribution in [3.05, 3.63) is 36.4 Å². The van der Waals surface area contributed by atoms with E-state index in [0.29, 0.717) is 0 Å². The largest absolute Gasteiger partial charge is 0.388 e. The van der Waals surface area contributed by atoms with Crippen LogP contribution in [-0.4, -0.2) is 42.9 Å². The molecular formula is C11H15N4O5P. The Morgan fingerprint density at radius 3 is 2.95 bits per heavy atom. The number of aromatic nitrogens is 3. The van der Waals surface area contributed by atoms with Gasteiger partial charge >= 0.3 is 0 Å². The van der Waals surface area contributed by atoms with Crippen molar-refractivity contribution >= 4 is 13.3 Å². The molecule has 2 heterocycles. The number of carbonyl (C=O) groups is 1. The molecule has 114 valence electrons. The third-order valence-corrected chi connectivity index (χ3v) is 4.01. The molecule has 1 aliphatic heterocycles. The number of rotatable bonds is 5. The van der Waals surface area contributed by atoms with Gasteiger partial charge in [0.15, 0.2) is 6.23 Å². The van der Waals surface area contributed by atoms with Gasteiger partial charge in [-0.25, -0.2) is 9.67 Å². The highest BCUT2D eigenvalue weighted by Gasteiger charge is 2.35. The summed E-state index contributed by atoms with van der Waals surface area (Å²) in [5.74, 6) is 1.07. The van der Waals surface area contributed by atoms with Crippen LogP contribution in [-0.2, 0) is 9.30 Å². The summed E-state index contributed by atoms with van der Waals surface area (Å²) in [6.45, 7) is 3.25. The molecule has 1 aromatic heterocycles. The third kappa shape index (κ3) is 3.64. The van der Waals surface area contributed by atoms with Gasteiger partial charge in [-0.05, 0) is 11.9 Å². The lowest BCUT2D eigenvalue weighted by Gasteiger charge is -2.13. The van der Waals surface area contributed by atoms with E-state index in [0.717, 1.165) is 11.6 Å². The fraction of sp³-hybridized carbons (Fsp3) is 0.364. The Hall–Kier alpha value is -1.80. The van der Waals surface area contributed by atoms with Crippen LogP contribution >= 0.6 is 7.37 Å². The Morgan fingerprint density at radius 2 is 2.38 bits per heavy atom. The van der Waals surface area contributed by atoms with E-state index >= 15 is 0 Å². The van der Waals surface area contributed by atoms with Crippen molar-refractivity contribution in [3.8, 4) is 0 Å². The number of aliphatic hydroxyl groups excluding tert-OH is 1. The van der Waals surface area contributed by atoms with Crippen molar-refractivity contribution in [3.63, 3.8) is 0 Å². The van der Waals surface area contributed by atoms with Crippen LogP contribution in [0.2, 0.25) is 0 Å². The van der Waals surface area contributed by atoms with Crippen LogP contribution in [0.1, 0.15) is 23.3 Å². The summed E-state index contributed by atoms with van der Waals surface area (Å²) in [5, 5.41) is 13.7. The van der Waals surface area contributed by atoms with Crippen LogP contribution < -0.4 is 5.73 Å². The van der Waals surface area contributed by atoms with E-state index in [2.05, 4.69) is 16.7 Å². The number of aliphatic hydroxyl groups is 1. The lowest BCUT2D eigenvalue weighted by molar-refractivity contribution is -0.0330. The van der Waals surface area contributed by atoms with Crippen molar-refractivity contribution in [1.82, 2.24) is 14.8 Å². The van der Waals surface area contributed by atoms with Gasteiger partial charge in [0.2, 0.25) is 13.2 Å². The number of hydrogen-bond donors (Lipinski definition) is 3. The number of carbonyl (C=O) groups excluding carboxylic acids is 1. The first-order valence-corrected chi connectivity index (χ1v) is 7.82. The van der Waals surface area contributed by atoms with E-state index in [1.54, 1.807) is 0 Å². The predicted octanol–water partition coefficient (Wildman–Crippen LogP) is -0.0470. The average molecular weight is 314 g/mol. The minimum atomic E-state index is -3.52. The number of hydrogen-bond acceptors (Lipinski definition) is 6. The molecule has 21 heavy (non-hydrogen) atoms. The maximum atomic E-state index is 11.4. The first-order chi connectivity index (χ1) is 9.82. The first kappa shape index (κ1) is 15.6. The van der Waals surface area contributed by atoms with E-state index in [9.17, 15) is 19.4 Å². The molecule has 4 atom stereocenters. The van der Waals surface area contributed by atoms with E-state index in [4.69, 9.17) is 10.5 Å². The van der Waals surface area contributed by atoms with Gasteiger partial charge in [0.05, 0.1) is 6.10 Å². The summed E-state index contributed by atoms with van der Waals surface area (Å²) in [7, 11) is -3.52. The van der Waals surface area contributed by atoms with E-state index in [1.165, 1.54) is 17.1 Å². The van der Waals surface area contributed by atoms with Gasteiger partial charge in [0.25, 0.3) is 5.91 Å². The molecule has 0 spiro atoms. The van der Waals surface area contributed by atoms with Crippen molar-refractivity contribution in [1.29, 1.82) is 0 Å². The zero-order valence-corrected chi connectivity index (χ0v) is 11.8. The Kier molecular flexibility index (Phi) is 4.38. The SMILES string of the molecule is C=CP(=O)(O)/C=C/[C@@H]1C[C@@H](O)[C@H](n2cnc(C(N)=O)n2)O1. The maximum Gasteiger partial charge on any atom is 0.288 e. The Bertz CT molecular complexity index is 628. The predicted molar refractivity (Wildman–Crippen MR) is 72.2 cm³/mol. The molecule has 9 nitrogen and oxygen atoms in total. The van der Waals surface area contributed by atoms with Crippen molar-refractivity contribution < 1.29 is 24.1 Å². The Labute approximate surface area is 120 Å². The average Bonchev–Trinajstić information content (AvgIpc) is 3.03. The molecule has 1 saturated heterocycles. The molecule has 0 aliphatic carbocycles. The van der Waals surface area contributed by atoms with Crippen LogP contribution in [0.3, 0.4) is 0 Å². The highest BCUT2D eigenvalue weighted by molar-refractivity contribution is 7.64. The zero-order valence-electron chi connectivity index (χ0n) is 10.9. The van der Waals surface area contributed by atoms with Gasteiger partial charge in [0.1, 0.15) is 12.4 Å². The third-order valence-electron chi connectivity index (χ3n) is 2.88. The smallest absolute Gasteiger partial charge is 0.288 e. The molecular weight excluding hydrogens is 299 g/mol. The van der Waals surface area contributed by atoms with Gasteiger partial charge in [-0.15, -0.1) is 5.10 Å². The summed E-state index contributed by atoms with van der Waals surface area (Å²) in [6, 6.07) is 0. The monoisotopic (exact) mass is 314 g/mol. The molecule has 0 saturated carbocycles. The molecule has 1 aliphatic rings. The van der Waals surface area contributed by atoms with E-state index < -0.39 is 31.7 Å². The summed E-state index contributed by atoms with van der Waals surface area (Å²) in [6.07, 6.45) is 0.514. The molecule has 1 aromatic rings. The number of nitrogens with two attached hydrogens (primary N) is 1. The van der Waals surface area contributed by atoms with Crippen molar-refractivity contribution in [2.24, 2.45) is 5.73 Å². The number of amides is 1. The number of nitrogens with zero attached hydrogens (tertiary/aromatic N) is 3. The number of ether oxygens (including phenoxy) is 1. The second-order valence-electron chi connectivity index (χ2n) is 4.48. The summed E-state index contributed by atoms with van der Waals surface area (Å²) in [4.78, 5) is 24.0. The van der Waals surface area contributed by atoms with Crippen LogP contribution in [0, 0.1) is 0 Å². The minimum Gasteiger partial charge on any atom is -0.388 e. The summed E-state index contributed by atoms with van der Waals surface area (Å²) in [5.41, 5.74) is 5.04. The lowest BCUT2D eigenvalue weighted by atomic mass is 10.2. The van der Waals surface area contributed by atoms with Crippen LogP contribution in [0.25, 0.3) is 0 Å². The Balaban J connectivity index is 2.08. The van der Waals surface area contributed by atoms with Crippen LogP contribution in [0.5, 0.6) is 0 Å². The molecule has 2 rings (SSSR count). The van der Waals surface area contributed by atoms with Gasteiger partial charge in [-0.3, -0.25) is 9.36 Å². The first-order valence-electron chi connectivity index (χ1n) is 6.02. The van der Waals surface area contributed by atoms with Gasteiger partial charge < -0.3 is 20.5 Å². The quantitative estimate of drug-likeness (QED) is 0.647. The standard InChI is InChI=1S/C11H15N4O5P/c1-2-21(18,19)4-3-7-5-8(16)11(20-7)15-6-13-10(14-15)9(12)17/h2-4,6-8,11,16H,1,5H2,(H2,12,17)(H,18,19)/b4-3+/t7-,8-,11-/m1/s1. The molecule has 1 unspecified atom stereocenters. The fourth-order valence-corrected chi connectivity index (χ4v) is 2.39. The molecule has 0 bridgehead atoms. The van der Waals surface area contributed by atoms with Crippen molar-refractivity contribution in [2.75, 3.05) is 0 Å². The van der Waals surface area contributed by atoms with E-state index in [1.807, 2.05) is 0 Å². The minimum absolute atomic E-state index is 0.184. The van der Waals surface area contributed by atoms with Crippen LogP contribution in [0.4, 0.5) is 0 Å². The molecule has 1 fully saturated rings. The zero-order chi connectivity index (χ0) is 15.6. The van der Waals surface area contributed by atoms with Gasteiger partial charge in [0, 0.05) is 12.2 Å². The fourth-order valence-electron chi connectivity index (χ4n) is 1.83. The molecule has 4 N–H and O–H groups in total. The van der Waals surface area contributed by atoms with Crippen LogP contribution in [0.15, 0.2) is 30.6 Å². The normalized spacial score (nSPS) is 28.6.